The fourth-order valence-electron chi connectivity index (χ4n) is 2.58. The molecule has 4 heteroatoms. The number of hydrogen-bond acceptors (Lipinski definition) is 2. The van der Waals surface area contributed by atoms with Gasteiger partial charge in [-0.2, -0.15) is 0 Å². The lowest BCUT2D eigenvalue weighted by Gasteiger charge is -2.23. The monoisotopic (exact) mass is 256 g/mol. The van der Waals surface area contributed by atoms with E-state index in [0.29, 0.717) is 5.88 Å². The zero-order chi connectivity index (χ0) is 12.3. The van der Waals surface area contributed by atoms with Crippen LogP contribution in [0.25, 0.3) is 0 Å². The Hall–Kier alpha value is -0.830. The van der Waals surface area contributed by atoms with Crippen LogP contribution in [-0.4, -0.2) is 18.6 Å². The summed E-state index contributed by atoms with van der Waals surface area (Å²) in [5, 5.41) is 0. The summed E-state index contributed by atoms with van der Waals surface area (Å²) in [7, 11) is 2.01. The summed E-state index contributed by atoms with van der Waals surface area (Å²) in [6.45, 7) is 0.989. The van der Waals surface area contributed by atoms with Gasteiger partial charge in [-0.1, -0.05) is 12.8 Å². The average Bonchev–Trinajstić information content (AvgIpc) is 2.81. The summed E-state index contributed by atoms with van der Waals surface area (Å²) >= 11 is 5.83. The Labute approximate surface area is 107 Å². The van der Waals surface area contributed by atoms with Crippen molar-refractivity contribution in [1.29, 1.82) is 0 Å². The largest absolute Gasteiger partial charge is 0.359 e. The van der Waals surface area contributed by atoms with Gasteiger partial charge in [0.05, 0.1) is 12.1 Å². The Morgan fingerprint density at radius 3 is 2.82 bits per heavy atom. The molecule has 0 aliphatic heterocycles. The minimum absolute atomic E-state index is 0.301. The van der Waals surface area contributed by atoms with E-state index in [1.807, 2.05) is 7.05 Å². The summed E-state index contributed by atoms with van der Waals surface area (Å²) in [4.78, 5) is 6.26. The van der Waals surface area contributed by atoms with Crippen molar-refractivity contribution in [1.82, 2.24) is 4.98 Å². The van der Waals surface area contributed by atoms with Crippen LogP contribution in [0.15, 0.2) is 12.3 Å². The molecule has 0 N–H and O–H groups in total. The molecule has 1 aliphatic carbocycles. The second-order valence-corrected chi connectivity index (χ2v) is 5.07. The van der Waals surface area contributed by atoms with Gasteiger partial charge in [-0.25, -0.2) is 9.37 Å². The zero-order valence-electron chi connectivity index (χ0n) is 10.1. The van der Waals surface area contributed by atoms with Gasteiger partial charge in [-0.3, -0.25) is 0 Å². The molecule has 0 saturated heterocycles. The van der Waals surface area contributed by atoms with Crippen LogP contribution in [0.4, 0.5) is 10.2 Å². The molecule has 0 radical (unpaired) electrons. The van der Waals surface area contributed by atoms with Crippen LogP contribution in [0.2, 0.25) is 0 Å². The molecule has 1 saturated carbocycles. The average molecular weight is 257 g/mol. The van der Waals surface area contributed by atoms with E-state index < -0.39 is 0 Å². The maximum Gasteiger partial charge on any atom is 0.141 e. The molecule has 1 aromatic heterocycles. The lowest BCUT2D eigenvalue weighted by Crippen LogP contribution is -2.25. The molecular weight excluding hydrogens is 239 g/mol. The van der Waals surface area contributed by atoms with Crippen LogP contribution >= 0.6 is 11.6 Å². The van der Waals surface area contributed by atoms with Crippen LogP contribution in [0, 0.1) is 11.7 Å². The minimum Gasteiger partial charge on any atom is -0.359 e. The van der Waals surface area contributed by atoms with E-state index in [-0.39, 0.29) is 5.82 Å². The van der Waals surface area contributed by atoms with E-state index >= 15 is 0 Å². The molecular formula is C13H18ClFN2. The first-order valence-corrected chi connectivity index (χ1v) is 6.65. The normalized spacial score (nSPS) is 16.4. The summed E-state index contributed by atoms with van der Waals surface area (Å²) < 4.78 is 13.1. The third kappa shape index (κ3) is 3.09. The molecule has 1 aliphatic rings. The number of pyridine rings is 1. The van der Waals surface area contributed by atoms with E-state index in [1.54, 1.807) is 0 Å². The highest BCUT2D eigenvalue weighted by molar-refractivity contribution is 6.17. The topological polar surface area (TPSA) is 16.1 Å². The van der Waals surface area contributed by atoms with Crippen LogP contribution in [0.5, 0.6) is 0 Å². The first kappa shape index (κ1) is 12.6. The third-order valence-corrected chi connectivity index (χ3v) is 3.71. The molecule has 0 unspecified atom stereocenters. The van der Waals surface area contributed by atoms with Crippen molar-refractivity contribution in [3.63, 3.8) is 0 Å². The van der Waals surface area contributed by atoms with Crippen molar-refractivity contribution in [3.05, 3.63) is 23.6 Å². The molecule has 94 valence electrons. The molecule has 1 heterocycles. The maximum atomic E-state index is 13.1. The van der Waals surface area contributed by atoms with Gasteiger partial charge in [-0.15, -0.1) is 11.6 Å². The van der Waals surface area contributed by atoms with Gasteiger partial charge in [-0.05, 0) is 24.8 Å². The van der Waals surface area contributed by atoms with Crippen LogP contribution in [0.1, 0.15) is 31.2 Å². The Kier molecular flexibility index (Phi) is 4.21. The zero-order valence-corrected chi connectivity index (χ0v) is 10.9. The first-order chi connectivity index (χ1) is 8.20. The molecule has 0 aromatic carbocycles. The van der Waals surface area contributed by atoms with Gasteiger partial charge in [0.2, 0.25) is 0 Å². The van der Waals surface area contributed by atoms with Gasteiger partial charge >= 0.3 is 0 Å². The fraction of sp³-hybridized carbons (Fsp3) is 0.615. The highest BCUT2D eigenvalue weighted by Gasteiger charge is 2.18. The molecule has 1 aromatic rings. The number of alkyl halides is 1. The predicted octanol–water partition coefficient (Wildman–Crippen LogP) is 3.59. The van der Waals surface area contributed by atoms with Crippen molar-refractivity contribution in [2.45, 2.75) is 31.6 Å². The number of halogens is 2. The molecule has 0 amide bonds. The number of aromatic nitrogens is 1. The number of nitrogens with zero attached hydrogens (tertiary/aromatic N) is 2. The van der Waals surface area contributed by atoms with E-state index in [9.17, 15) is 4.39 Å². The summed E-state index contributed by atoms with van der Waals surface area (Å²) in [5.74, 6) is 1.54. The Bertz CT molecular complexity index is 378. The summed E-state index contributed by atoms with van der Waals surface area (Å²) in [6.07, 6.45) is 6.51. The standard InChI is InChI=1S/C13H18ClFN2/c1-17(9-10-4-2-3-5-10)13-11(7-14)6-12(15)8-16-13/h6,8,10H,2-5,7,9H2,1H3. The smallest absolute Gasteiger partial charge is 0.141 e. The van der Waals surface area contributed by atoms with Gasteiger partial charge in [0, 0.05) is 19.2 Å². The Balaban J connectivity index is 2.09. The van der Waals surface area contributed by atoms with E-state index in [1.165, 1.54) is 37.9 Å². The summed E-state index contributed by atoms with van der Waals surface area (Å²) in [5.41, 5.74) is 0.771. The highest BCUT2D eigenvalue weighted by atomic mass is 35.5. The van der Waals surface area contributed by atoms with Gasteiger partial charge in [0.1, 0.15) is 11.6 Å². The SMILES string of the molecule is CN(CC1CCCC1)c1ncc(F)cc1CCl. The van der Waals surface area contributed by atoms with Crippen molar-refractivity contribution in [2.75, 3.05) is 18.5 Å². The highest BCUT2D eigenvalue weighted by Crippen LogP contribution is 2.27. The molecule has 0 bridgehead atoms. The lowest BCUT2D eigenvalue weighted by molar-refractivity contribution is 0.543. The molecule has 17 heavy (non-hydrogen) atoms. The summed E-state index contributed by atoms with van der Waals surface area (Å²) in [6, 6.07) is 1.47. The van der Waals surface area contributed by atoms with E-state index in [0.717, 1.165) is 23.8 Å². The number of hydrogen-bond donors (Lipinski definition) is 0. The second-order valence-electron chi connectivity index (χ2n) is 4.80. The van der Waals surface area contributed by atoms with E-state index in [2.05, 4.69) is 9.88 Å². The maximum absolute atomic E-state index is 13.1. The Morgan fingerprint density at radius 1 is 1.47 bits per heavy atom. The van der Waals surface area contributed by atoms with Gasteiger partial charge in [0.25, 0.3) is 0 Å². The molecule has 0 spiro atoms. The number of rotatable bonds is 4. The van der Waals surface area contributed by atoms with Crippen LogP contribution < -0.4 is 4.90 Å². The van der Waals surface area contributed by atoms with Crippen molar-refractivity contribution < 1.29 is 4.39 Å². The predicted molar refractivity (Wildman–Crippen MR) is 69.0 cm³/mol. The fourth-order valence-corrected chi connectivity index (χ4v) is 2.78. The van der Waals surface area contributed by atoms with Crippen LogP contribution in [-0.2, 0) is 5.88 Å². The Morgan fingerprint density at radius 2 is 2.18 bits per heavy atom. The minimum atomic E-state index is -0.321. The first-order valence-electron chi connectivity index (χ1n) is 6.12. The lowest BCUT2D eigenvalue weighted by atomic mass is 10.1. The molecule has 2 rings (SSSR count). The third-order valence-electron chi connectivity index (χ3n) is 3.42. The van der Waals surface area contributed by atoms with Crippen molar-refractivity contribution in [2.24, 2.45) is 5.92 Å². The molecule has 1 fully saturated rings. The van der Waals surface area contributed by atoms with Gasteiger partial charge < -0.3 is 4.90 Å². The molecule has 2 nitrogen and oxygen atoms in total. The molecule has 0 atom stereocenters. The number of anilines is 1. The quantitative estimate of drug-likeness (QED) is 0.766. The van der Waals surface area contributed by atoms with E-state index in [4.69, 9.17) is 11.6 Å². The van der Waals surface area contributed by atoms with Crippen LogP contribution in [0.3, 0.4) is 0 Å². The second kappa shape index (κ2) is 5.67. The van der Waals surface area contributed by atoms with Crippen molar-refractivity contribution in [3.8, 4) is 0 Å². The van der Waals surface area contributed by atoms with Gasteiger partial charge in [0.15, 0.2) is 0 Å². The van der Waals surface area contributed by atoms with Crippen molar-refractivity contribution >= 4 is 17.4 Å².